The topological polar surface area (TPSA) is 71.2 Å². The third kappa shape index (κ3) is 3.45. The predicted molar refractivity (Wildman–Crippen MR) is 120 cm³/mol. The van der Waals surface area contributed by atoms with Crippen LogP contribution in [0, 0.1) is 0 Å². The fourth-order valence-corrected chi connectivity index (χ4v) is 4.35. The average Bonchev–Trinajstić information content (AvgIpc) is 3.32. The third-order valence-electron chi connectivity index (χ3n) is 5.48. The molecule has 0 unspecified atom stereocenters. The summed E-state index contributed by atoms with van der Waals surface area (Å²) in [6.07, 6.45) is 1.83. The number of benzene rings is 3. The summed E-state index contributed by atoms with van der Waals surface area (Å²) in [5.74, 6) is -0.399. The number of hydrogen-bond acceptors (Lipinski definition) is 4. The highest BCUT2D eigenvalue weighted by Gasteiger charge is 2.51. The van der Waals surface area contributed by atoms with Crippen LogP contribution in [0.3, 0.4) is 0 Å². The van der Waals surface area contributed by atoms with Crippen molar-refractivity contribution in [2.45, 2.75) is 18.7 Å². The van der Waals surface area contributed by atoms with Crippen molar-refractivity contribution in [2.75, 3.05) is 4.90 Å². The minimum absolute atomic E-state index is 0.220. The summed E-state index contributed by atoms with van der Waals surface area (Å²) < 4.78 is 2.54. The van der Waals surface area contributed by atoms with E-state index in [1.165, 1.54) is 0 Å². The van der Waals surface area contributed by atoms with E-state index in [1.54, 1.807) is 27.8 Å². The summed E-state index contributed by atoms with van der Waals surface area (Å²) in [7, 11) is 0. The molecule has 1 aliphatic rings. The van der Waals surface area contributed by atoms with Gasteiger partial charge in [-0.3, -0.25) is 4.79 Å². The van der Waals surface area contributed by atoms with Crippen LogP contribution in [-0.2, 0) is 23.5 Å². The number of amides is 1. The van der Waals surface area contributed by atoms with E-state index in [2.05, 4.69) is 26.2 Å². The molecule has 0 fully saturated rings. The van der Waals surface area contributed by atoms with Crippen molar-refractivity contribution in [1.82, 2.24) is 15.0 Å². The molecule has 0 radical (unpaired) electrons. The standard InChI is InChI=1S/C24H19BrN4O2/c25-19-11-12-22-21(13-19)24(31,18-9-5-2-6-10-18)23(30)29(22)16-20-15-28(27-26-20)14-17-7-3-1-4-8-17/h1-13,15,31H,14,16H2/t24-/m0/s1. The lowest BCUT2D eigenvalue weighted by atomic mass is 9.87. The molecule has 0 saturated carbocycles. The van der Waals surface area contributed by atoms with Gasteiger partial charge in [0.2, 0.25) is 0 Å². The maximum Gasteiger partial charge on any atom is 0.268 e. The van der Waals surface area contributed by atoms with Crippen molar-refractivity contribution >= 4 is 27.5 Å². The second kappa shape index (κ2) is 7.76. The molecular formula is C24H19BrN4O2. The van der Waals surface area contributed by atoms with E-state index in [4.69, 9.17) is 0 Å². The Labute approximate surface area is 187 Å². The van der Waals surface area contributed by atoms with E-state index in [0.29, 0.717) is 29.1 Å². The molecule has 5 rings (SSSR count). The highest BCUT2D eigenvalue weighted by Crippen LogP contribution is 2.45. The Morgan fingerprint density at radius 2 is 1.65 bits per heavy atom. The number of aromatic nitrogens is 3. The fraction of sp³-hybridized carbons (Fsp3) is 0.125. The predicted octanol–water partition coefficient (Wildman–Crippen LogP) is 3.87. The molecule has 1 aromatic heterocycles. The molecule has 154 valence electrons. The van der Waals surface area contributed by atoms with Crippen molar-refractivity contribution in [1.29, 1.82) is 0 Å². The lowest BCUT2D eigenvalue weighted by Crippen LogP contribution is -2.40. The summed E-state index contributed by atoms with van der Waals surface area (Å²) >= 11 is 3.46. The summed E-state index contributed by atoms with van der Waals surface area (Å²) in [6, 6.07) is 24.5. The molecule has 1 atom stereocenters. The monoisotopic (exact) mass is 474 g/mol. The quantitative estimate of drug-likeness (QED) is 0.476. The molecule has 0 bridgehead atoms. The minimum Gasteiger partial charge on any atom is -0.372 e. The first-order valence-corrected chi connectivity index (χ1v) is 10.7. The van der Waals surface area contributed by atoms with Crippen LogP contribution >= 0.6 is 15.9 Å². The number of rotatable bonds is 5. The summed E-state index contributed by atoms with van der Waals surface area (Å²) in [5.41, 5.74) is 1.77. The number of carbonyl (C=O) groups is 1. The van der Waals surface area contributed by atoms with Crippen molar-refractivity contribution < 1.29 is 9.90 Å². The molecular weight excluding hydrogens is 456 g/mol. The molecule has 1 N–H and O–H groups in total. The van der Waals surface area contributed by atoms with Gasteiger partial charge in [-0.15, -0.1) is 5.10 Å². The number of halogens is 1. The molecule has 4 aromatic rings. The average molecular weight is 475 g/mol. The molecule has 31 heavy (non-hydrogen) atoms. The molecule has 6 nitrogen and oxygen atoms in total. The lowest BCUT2D eigenvalue weighted by Gasteiger charge is -2.23. The highest BCUT2D eigenvalue weighted by molar-refractivity contribution is 9.10. The number of fused-ring (bicyclic) bond motifs is 1. The van der Waals surface area contributed by atoms with Crippen LogP contribution in [0.15, 0.2) is 89.5 Å². The number of hydrogen-bond donors (Lipinski definition) is 1. The van der Waals surface area contributed by atoms with Gasteiger partial charge in [0.15, 0.2) is 5.60 Å². The first-order valence-electron chi connectivity index (χ1n) is 9.88. The second-order valence-corrected chi connectivity index (χ2v) is 8.44. The Bertz CT molecular complexity index is 1240. The van der Waals surface area contributed by atoms with Crippen molar-refractivity contribution in [2.24, 2.45) is 0 Å². The van der Waals surface area contributed by atoms with E-state index in [1.807, 2.05) is 66.9 Å². The number of carbonyl (C=O) groups excluding carboxylic acids is 1. The SMILES string of the molecule is O=C1N(Cc2cn(Cc3ccccc3)nn2)c2ccc(Br)cc2[C@@]1(O)c1ccccc1. The Morgan fingerprint density at radius 1 is 0.935 bits per heavy atom. The largest absolute Gasteiger partial charge is 0.372 e. The molecule has 1 amide bonds. The van der Waals surface area contributed by atoms with Crippen LogP contribution in [0.1, 0.15) is 22.4 Å². The zero-order valence-corrected chi connectivity index (χ0v) is 18.1. The van der Waals surface area contributed by atoms with Crippen LogP contribution < -0.4 is 4.90 Å². The van der Waals surface area contributed by atoms with Gasteiger partial charge >= 0.3 is 0 Å². The van der Waals surface area contributed by atoms with Gasteiger partial charge < -0.3 is 10.0 Å². The summed E-state index contributed by atoms with van der Waals surface area (Å²) in [6.45, 7) is 0.816. The fourth-order valence-electron chi connectivity index (χ4n) is 3.99. The number of anilines is 1. The summed E-state index contributed by atoms with van der Waals surface area (Å²) in [4.78, 5) is 15.1. The maximum atomic E-state index is 13.5. The molecule has 0 spiro atoms. The van der Waals surface area contributed by atoms with Crippen LogP contribution in [0.25, 0.3) is 0 Å². The molecule has 7 heteroatoms. The Kier molecular flexibility index (Phi) is 4.92. The molecule has 0 saturated heterocycles. The first-order chi connectivity index (χ1) is 15.1. The van der Waals surface area contributed by atoms with Gasteiger partial charge in [0.1, 0.15) is 5.69 Å². The molecule has 1 aliphatic heterocycles. The van der Waals surface area contributed by atoms with Gasteiger partial charge in [-0.1, -0.05) is 81.8 Å². The first kappa shape index (κ1) is 19.7. The van der Waals surface area contributed by atoms with Gasteiger partial charge in [-0.25, -0.2) is 4.68 Å². The van der Waals surface area contributed by atoms with E-state index in [-0.39, 0.29) is 6.54 Å². The van der Waals surface area contributed by atoms with Gasteiger partial charge in [0.05, 0.1) is 25.0 Å². The van der Waals surface area contributed by atoms with Gasteiger partial charge in [-0.2, -0.15) is 0 Å². The Morgan fingerprint density at radius 3 is 2.39 bits per heavy atom. The number of aliphatic hydroxyl groups is 1. The van der Waals surface area contributed by atoms with Crippen LogP contribution in [0.4, 0.5) is 5.69 Å². The van der Waals surface area contributed by atoms with E-state index >= 15 is 0 Å². The van der Waals surface area contributed by atoms with Gasteiger partial charge in [-0.05, 0) is 29.3 Å². The van der Waals surface area contributed by atoms with Gasteiger partial charge in [0, 0.05) is 10.0 Å². The van der Waals surface area contributed by atoms with Crippen LogP contribution in [0.2, 0.25) is 0 Å². The number of nitrogens with zero attached hydrogens (tertiary/aromatic N) is 4. The van der Waals surface area contributed by atoms with Crippen molar-refractivity contribution in [3.8, 4) is 0 Å². The smallest absolute Gasteiger partial charge is 0.268 e. The maximum absolute atomic E-state index is 13.5. The van der Waals surface area contributed by atoms with Crippen molar-refractivity contribution in [3.05, 3.63) is 112 Å². The van der Waals surface area contributed by atoms with Crippen molar-refractivity contribution in [3.63, 3.8) is 0 Å². The molecule has 2 heterocycles. The van der Waals surface area contributed by atoms with E-state index in [0.717, 1.165) is 10.0 Å². The lowest BCUT2D eigenvalue weighted by molar-refractivity contribution is -0.132. The van der Waals surface area contributed by atoms with E-state index < -0.39 is 11.5 Å². The highest BCUT2D eigenvalue weighted by atomic mass is 79.9. The van der Waals surface area contributed by atoms with Gasteiger partial charge in [0.25, 0.3) is 5.91 Å². The van der Waals surface area contributed by atoms with E-state index in [9.17, 15) is 9.90 Å². The molecule has 3 aromatic carbocycles. The summed E-state index contributed by atoms with van der Waals surface area (Å²) in [5, 5.41) is 20.1. The molecule has 0 aliphatic carbocycles. The Balaban J connectivity index is 1.48. The second-order valence-electron chi connectivity index (χ2n) is 7.52. The zero-order chi connectivity index (χ0) is 21.4. The normalized spacial score (nSPS) is 17.7. The minimum atomic E-state index is -1.75. The third-order valence-corrected chi connectivity index (χ3v) is 5.97. The Hall–Kier alpha value is -3.29. The van der Waals surface area contributed by atoms with Crippen LogP contribution in [0.5, 0.6) is 0 Å². The van der Waals surface area contributed by atoms with Crippen LogP contribution in [-0.4, -0.2) is 26.0 Å². The zero-order valence-electron chi connectivity index (χ0n) is 16.5.